The molecule has 1 fully saturated rings. The van der Waals surface area contributed by atoms with Crippen LogP contribution >= 0.6 is 0 Å². The Morgan fingerprint density at radius 2 is 1.81 bits per heavy atom. The average molecular weight is 377 g/mol. The van der Waals surface area contributed by atoms with E-state index in [1.165, 1.54) is 25.1 Å². The molecule has 9 heteroatoms. The van der Waals surface area contributed by atoms with Crippen LogP contribution in [0.15, 0.2) is 42.5 Å². The molecule has 1 aliphatic rings. The number of carbonyl (C=O) groups is 3. The van der Waals surface area contributed by atoms with Crippen molar-refractivity contribution in [3.63, 3.8) is 0 Å². The molecule has 4 amide bonds. The van der Waals surface area contributed by atoms with Crippen LogP contribution in [0.5, 0.6) is 0 Å². The van der Waals surface area contributed by atoms with Crippen LogP contribution in [0, 0.1) is 17.5 Å². The smallest absolute Gasteiger partial charge is 0.324 e. The standard InChI is InChI=1S/C18H14F3N3O3/c1-18(13-8-11(20)5-6-14(13)21)16(26)24(17(27)23-18)9-15(25)22-12-4-2-3-10(19)7-12/h2-8H,9H2,1H3,(H,22,25)(H,23,27)/t18-/m1/s1. The Hall–Kier alpha value is -3.36. The largest absolute Gasteiger partial charge is 0.325 e. The van der Waals surface area contributed by atoms with Crippen LogP contribution in [0.3, 0.4) is 0 Å². The number of carbonyl (C=O) groups excluding carboxylic acids is 3. The molecular weight excluding hydrogens is 363 g/mol. The molecule has 0 radical (unpaired) electrons. The highest BCUT2D eigenvalue weighted by Crippen LogP contribution is 2.31. The Bertz CT molecular complexity index is 950. The second-order valence-corrected chi connectivity index (χ2v) is 6.13. The first kappa shape index (κ1) is 18.4. The maximum atomic E-state index is 14.1. The van der Waals surface area contributed by atoms with Gasteiger partial charge in [0.2, 0.25) is 5.91 Å². The number of anilines is 1. The molecule has 0 spiro atoms. The van der Waals surface area contributed by atoms with E-state index in [9.17, 15) is 27.6 Å². The van der Waals surface area contributed by atoms with E-state index >= 15 is 0 Å². The summed E-state index contributed by atoms with van der Waals surface area (Å²) < 4.78 is 40.7. The Morgan fingerprint density at radius 1 is 1.11 bits per heavy atom. The van der Waals surface area contributed by atoms with Gasteiger partial charge < -0.3 is 10.6 Å². The number of halogens is 3. The van der Waals surface area contributed by atoms with Gasteiger partial charge in [0.15, 0.2) is 0 Å². The van der Waals surface area contributed by atoms with E-state index < -0.39 is 47.4 Å². The summed E-state index contributed by atoms with van der Waals surface area (Å²) in [4.78, 5) is 37.5. The third-order valence-electron chi connectivity index (χ3n) is 4.15. The van der Waals surface area contributed by atoms with Gasteiger partial charge in [-0.05, 0) is 43.3 Å². The zero-order valence-electron chi connectivity index (χ0n) is 14.1. The molecule has 27 heavy (non-hydrogen) atoms. The minimum atomic E-state index is -1.86. The second-order valence-electron chi connectivity index (χ2n) is 6.13. The SMILES string of the molecule is C[C@]1(c2cc(F)ccc2F)NC(=O)N(CC(=O)Nc2cccc(F)c2)C1=O. The van der Waals surface area contributed by atoms with Crippen LogP contribution in [-0.4, -0.2) is 29.3 Å². The normalized spacial score (nSPS) is 19.2. The van der Waals surface area contributed by atoms with Gasteiger partial charge in [-0.1, -0.05) is 6.07 Å². The first-order valence-corrected chi connectivity index (χ1v) is 7.86. The molecule has 2 N–H and O–H groups in total. The summed E-state index contributed by atoms with van der Waals surface area (Å²) >= 11 is 0. The number of hydrogen-bond donors (Lipinski definition) is 2. The van der Waals surface area contributed by atoms with E-state index in [0.29, 0.717) is 4.90 Å². The molecule has 1 atom stereocenters. The van der Waals surface area contributed by atoms with Gasteiger partial charge in [-0.2, -0.15) is 0 Å². The summed E-state index contributed by atoms with van der Waals surface area (Å²) in [6.45, 7) is 0.545. The van der Waals surface area contributed by atoms with E-state index in [1.807, 2.05) is 0 Å². The van der Waals surface area contributed by atoms with Crippen LogP contribution in [-0.2, 0) is 15.1 Å². The summed E-state index contributed by atoms with van der Waals surface area (Å²) in [5, 5.41) is 4.64. The van der Waals surface area contributed by atoms with Gasteiger partial charge in [-0.25, -0.2) is 18.0 Å². The van der Waals surface area contributed by atoms with E-state index in [-0.39, 0.29) is 11.3 Å². The Labute approximate surface area is 152 Å². The summed E-state index contributed by atoms with van der Waals surface area (Å²) in [6.07, 6.45) is 0. The van der Waals surface area contributed by atoms with Crippen molar-refractivity contribution in [3.8, 4) is 0 Å². The minimum absolute atomic E-state index is 0.144. The summed E-state index contributed by atoms with van der Waals surface area (Å²) in [7, 11) is 0. The molecule has 3 rings (SSSR count). The van der Waals surface area contributed by atoms with Crippen molar-refractivity contribution in [2.75, 3.05) is 11.9 Å². The Morgan fingerprint density at radius 3 is 2.52 bits per heavy atom. The molecule has 6 nitrogen and oxygen atoms in total. The van der Waals surface area contributed by atoms with E-state index in [2.05, 4.69) is 10.6 Å². The van der Waals surface area contributed by atoms with Crippen molar-refractivity contribution in [2.45, 2.75) is 12.5 Å². The first-order chi connectivity index (χ1) is 12.7. The summed E-state index contributed by atoms with van der Waals surface area (Å²) in [5.41, 5.74) is -2.07. The second kappa shape index (κ2) is 6.75. The molecule has 1 heterocycles. The maximum absolute atomic E-state index is 14.1. The fourth-order valence-corrected chi connectivity index (χ4v) is 2.81. The summed E-state index contributed by atoms with van der Waals surface area (Å²) in [6, 6.07) is 6.66. The van der Waals surface area contributed by atoms with E-state index in [4.69, 9.17) is 0 Å². The number of nitrogens with zero attached hydrogens (tertiary/aromatic N) is 1. The minimum Gasteiger partial charge on any atom is -0.324 e. The Balaban J connectivity index is 1.79. The van der Waals surface area contributed by atoms with E-state index in [0.717, 1.165) is 24.3 Å². The number of imide groups is 1. The van der Waals surface area contributed by atoms with Gasteiger partial charge in [0, 0.05) is 11.3 Å². The highest BCUT2D eigenvalue weighted by Gasteiger charge is 2.50. The lowest BCUT2D eigenvalue weighted by atomic mass is 9.91. The number of urea groups is 1. The van der Waals surface area contributed by atoms with Crippen molar-refractivity contribution in [1.29, 1.82) is 0 Å². The lowest BCUT2D eigenvalue weighted by Gasteiger charge is -2.22. The number of benzene rings is 2. The van der Waals surface area contributed by atoms with Gasteiger partial charge in [0.25, 0.3) is 5.91 Å². The molecular formula is C18H14F3N3O3. The summed E-state index contributed by atoms with van der Waals surface area (Å²) in [5.74, 6) is -3.90. The zero-order chi connectivity index (χ0) is 19.8. The van der Waals surface area contributed by atoms with Crippen molar-refractivity contribution < 1.29 is 27.6 Å². The lowest BCUT2D eigenvalue weighted by molar-refractivity contribution is -0.133. The lowest BCUT2D eigenvalue weighted by Crippen LogP contribution is -2.42. The van der Waals surface area contributed by atoms with Crippen molar-refractivity contribution in [3.05, 3.63) is 65.5 Å². The molecule has 0 bridgehead atoms. The molecule has 0 aliphatic carbocycles. The van der Waals surface area contributed by atoms with Crippen LogP contribution in [0.4, 0.5) is 23.7 Å². The third-order valence-corrected chi connectivity index (χ3v) is 4.15. The number of amides is 4. The number of rotatable bonds is 4. The maximum Gasteiger partial charge on any atom is 0.325 e. The topological polar surface area (TPSA) is 78.5 Å². The van der Waals surface area contributed by atoms with Gasteiger partial charge >= 0.3 is 6.03 Å². The number of nitrogens with one attached hydrogen (secondary N) is 2. The van der Waals surface area contributed by atoms with Crippen LogP contribution in [0.1, 0.15) is 12.5 Å². The molecule has 2 aromatic carbocycles. The monoisotopic (exact) mass is 377 g/mol. The van der Waals surface area contributed by atoms with Crippen LogP contribution in [0.25, 0.3) is 0 Å². The van der Waals surface area contributed by atoms with Gasteiger partial charge in [0.05, 0.1) is 0 Å². The van der Waals surface area contributed by atoms with Gasteiger partial charge in [0.1, 0.15) is 29.5 Å². The molecule has 0 aromatic heterocycles. The van der Waals surface area contributed by atoms with Crippen LogP contribution < -0.4 is 10.6 Å². The molecule has 1 aliphatic heterocycles. The molecule has 1 saturated heterocycles. The first-order valence-electron chi connectivity index (χ1n) is 7.86. The van der Waals surface area contributed by atoms with Crippen molar-refractivity contribution in [2.24, 2.45) is 0 Å². The average Bonchev–Trinajstić information content (AvgIpc) is 2.81. The fraction of sp³-hybridized carbons (Fsp3) is 0.167. The molecule has 0 unspecified atom stereocenters. The van der Waals surface area contributed by atoms with Crippen molar-refractivity contribution >= 4 is 23.5 Å². The quantitative estimate of drug-likeness (QED) is 0.804. The van der Waals surface area contributed by atoms with Crippen molar-refractivity contribution in [1.82, 2.24) is 10.2 Å². The van der Waals surface area contributed by atoms with Gasteiger partial charge in [-0.15, -0.1) is 0 Å². The fourth-order valence-electron chi connectivity index (χ4n) is 2.81. The van der Waals surface area contributed by atoms with Crippen LogP contribution in [0.2, 0.25) is 0 Å². The zero-order valence-corrected chi connectivity index (χ0v) is 14.1. The third kappa shape index (κ3) is 3.48. The molecule has 140 valence electrons. The predicted molar refractivity (Wildman–Crippen MR) is 89.0 cm³/mol. The Kier molecular flexibility index (Phi) is 4.61. The van der Waals surface area contributed by atoms with Gasteiger partial charge in [-0.3, -0.25) is 14.5 Å². The number of hydrogen-bond acceptors (Lipinski definition) is 3. The highest BCUT2D eigenvalue weighted by atomic mass is 19.1. The highest BCUT2D eigenvalue weighted by molar-refractivity contribution is 6.10. The molecule has 0 saturated carbocycles. The predicted octanol–water partition coefficient (Wildman–Crippen LogP) is 2.51. The molecule has 2 aromatic rings. The van der Waals surface area contributed by atoms with E-state index in [1.54, 1.807) is 0 Å².